The van der Waals surface area contributed by atoms with Gasteiger partial charge in [-0.3, -0.25) is 4.79 Å². The first kappa shape index (κ1) is 19.2. The molecule has 4 rings (SSSR count). The summed E-state index contributed by atoms with van der Waals surface area (Å²) < 4.78 is 7.13. The molecule has 0 saturated carbocycles. The van der Waals surface area contributed by atoms with Crippen molar-refractivity contribution in [2.45, 2.75) is 26.7 Å². The fourth-order valence-corrected chi connectivity index (χ4v) is 3.71. The largest absolute Gasteiger partial charge is 0.497 e. The van der Waals surface area contributed by atoms with Crippen molar-refractivity contribution >= 4 is 5.91 Å². The van der Waals surface area contributed by atoms with Gasteiger partial charge in [0.15, 0.2) is 0 Å². The lowest BCUT2D eigenvalue weighted by Gasteiger charge is -2.30. The van der Waals surface area contributed by atoms with E-state index in [4.69, 9.17) is 9.84 Å². The van der Waals surface area contributed by atoms with Crippen molar-refractivity contribution in [2.75, 3.05) is 20.2 Å². The molecule has 0 spiro atoms. The average molecular weight is 389 g/mol. The number of rotatable bonds is 4. The van der Waals surface area contributed by atoms with Gasteiger partial charge in [0, 0.05) is 18.7 Å². The summed E-state index contributed by atoms with van der Waals surface area (Å²) in [4.78, 5) is 15.3. The average Bonchev–Trinajstić information content (AvgIpc) is 3.20. The summed E-state index contributed by atoms with van der Waals surface area (Å²) >= 11 is 0. The third-order valence-corrected chi connectivity index (χ3v) is 5.64. The van der Waals surface area contributed by atoms with Gasteiger partial charge in [0.1, 0.15) is 11.4 Å². The zero-order valence-electron chi connectivity index (χ0n) is 17.3. The number of aryl methyl sites for hydroxylation is 1. The second-order valence-corrected chi connectivity index (χ2v) is 7.87. The van der Waals surface area contributed by atoms with E-state index in [9.17, 15) is 4.79 Å². The van der Waals surface area contributed by atoms with Crippen LogP contribution >= 0.6 is 0 Å². The number of piperidine rings is 1. The minimum Gasteiger partial charge on any atom is -0.497 e. The van der Waals surface area contributed by atoms with E-state index in [1.54, 1.807) is 11.8 Å². The van der Waals surface area contributed by atoms with Gasteiger partial charge in [-0.2, -0.15) is 5.10 Å². The maximum atomic E-state index is 13.4. The van der Waals surface area contributed by atoms with Crippen LogP contribution in [0.3, 0.4) is 0 Å². The zero-order chi connectivity index (χ0) is 20.4. The van der Waals surface area contributed by atoms with Gasteiger partial charge in [-0.15, -0.1) is 0 Å². The highest BCUT2D eigenvalue weighted by molar-refractivity contribution is 5.94. The number of hydrogen-bond donors (Lipinski definition) is 0. The van der Waals surface area contributed by atoms with Crippen molar-refractivity contribution in [2.24, 2.45) is 5.92 Å². The van der Waals surface area contributed by atoms with Gasteiger partial charge in [0.05, 0.1) is 18.5 Å². The molecule has 1 aliphatic rings. The minimum atomic E-state index is 0.0409. The molecule has 5 nitrogen and oxygen atoms in total. The standard InChI is InChI=1S/C24H27N3O2/c1-17-7-9-20(10-8-17)27-23(24(28)26-13-11-18(2)12-14-26)16-22(25-27)19-5-4-6-21(15-19)29-3/h4-10,15-16,18H,11-14H2,1-3H3. The summed E-state index contributed by atoms with van der Waals surface area (Å²) in [5.41, 5.74) is 4.35. The monoisotopic (exact) mass is 389 g/mol. The van der Waals surface area contributed by atoms with Crippen LogP contribution in [0.2, 0.25) is 0 Å². The SMILES string of the molecule is COc1cccc(-c2cc(C(=O)N3CCC(C)CC3)n(-c3ccc(C)cc3)n2)c1. The lowest BCUT2D eigenvalue weighted by Crippen LogP contribution is -2.38. The molecule has 0 unspecified atom stereocenters. The zero-order valence-corrected chi connectivity index (χ0v) is 17.3. The topological polar surface area (TPSA) is 47.4 Å². The van der Waals surface area contributed by atoms with Gasteiger partial charge < -0.3 is 9.64 Å². The maximum Gasteiger partial charge on any atom is 0.272 e. The Bertz CT molecular complexity index is 999. The van der Waals surface area contributed by atoms with Gasteiger partial charge >= 0.3 is 0 Å². The van der Waals surface area contributed by atoms with E-state index in [0.717, 1.165) is 48.6 Å². The van der Waals surface area contributed by atoms with Crippen LogP contribution in [0.5, 0.6) is 5.75 Å². The van der Waals surface area contributed by atoms with Crippen molar-refractivity contribution in [3.8, 4) is 22.7 Å². The van der Waals surface area contributed by atoms with Crippen molar-refractivity contribution < 1.29 is 9.53 Å². The fraction of sp³-hybridized carbons (Fsp3) is 0.333. The van der Waals surface area contributed by atoms with Gasteiger partial charge in [-0.05, 0) is 56.0 Å². The predicted molar refractivity (Wildman–Crippen MR) is 115 cm³/mol. The first-order valence-electron chi connectivity index (χ1n) is 10.2. The van der Waals surface area contributed by atoms with Crippen LogP contribution in [-0.2, 0) is 0 Å². The Labute approximate surface area is 171 Å². The second kappa shape index (κ2) is 8.11. The molecule has 2 heterocycles. The van der Waals surface area contributed by atoms with Crippen LogP contribution in [0.1, 0.15) is 35.8 Å². The van der Waals surface area contributed by atoms with Gasteiger partial charge in [0.2, 0.25) is 0 Å². The Kier molecular flexibility index (Phi) is 5.38. The number of carbonyl (C=O) groups is 1. The van der Waals surface area contributed by atoms with Crippen LogP contribution in [0.15, 0.2) is 54.6 Å². The highest BCUT2D eigenvalue weighted by Crippen LogP contribution is 2.27. The Morgan fingerprint density at radius 2 is 1.79 bits per heavy atom. The van der Waals surface area contributed by atoms with Crippen LogP contribution in [0.4, 0.5) is 0 Å². The van der Waals surface area contributed by atoms with Gasteiger partial charge in [-0.1, -0.05) is 36.8 Å². The van der Waals surface area contributed by atoms with Crippen LogP contribution in [0.25, 0.3) is 16.9 Å². The van der Waals surface area contributed by atoms with Crippen molar-refractivity contribution in [3.05, 3.63) is 65.9 Å². The summed E-state index contributed by atoms with van der Waals surface area (Å²) in [6.45, 7) is 5.90. The Morgan fingerprint density at radius 3 is 2.48 bits per heavy atom. The molecule has 0 aliphatic carbocycles. The third kappa shape index (κ3) is 4.04. The maximum absolute atomic E-state index is 13.4. The Hall–Kier alpha value is -3.08. The highest BCUT2D eigenvalue weighted by atomic mass is 16.5. The summed E-state index contributed by atoms with van der Waals surface area (Å²) in [5, 5.41) is 4.80. The van der Waals surface area contributed by atoms with E-state index in [1.807, 2.05) is 59.5 Å². The second-order valence-electron chi connectivity index (χ2n) is 7.87. The summed E-state index contributed by atoms with van der Waals surface area (Å²) in [7, 11) is 1.65. The molecule has 150 valence electrons. The smallest absolute Gasteiger partial charge is 0.272 e. The van der Waals surface area contributed by atoms with Crippen LogP contribution < -0.4 is 4.74 Å². The first-order chi connectivity index (χ1) is 14.0. The number of aromatic nitrogens is 2. The van der Waals surface area contributed by atoms with E-state index in [1.165, 1.54) is 5.56 Å². The van der Waals surface area contributed by atoms with E-state index in [-0.39, 0.29) is 5.91 Å². The van der Waals surface area contributed by atoms with E-state index >= 15 is 0 Å². The number of likely N-dealkylation sites (tertiary alicyclic amines) is 1. The molecular weight excluding hydrogens is 362 g/mol. The molecular formula is C24H27N3O2. The third-order valence-electron chi connectivity index (χ3n) is 5.64. The normalized spacial score (nSPS) is 14.8. The van der Waals surface area contributed by atoms with Crippen molar-refractivity contribution in [1.29, 1.82) is 0 Å². The molecule has 2 aromatic carbocycles. The fourth-order valence-electron chi connectivity index (χ4n) is 3.71. The number of nitrogens with zero attached hydrogens (tertiary/aromatic N) is 3. The van der Waals surface area contributed by atoms with E-state index in [0.29, 0.717) is 11.6 Å². The van der Waals surface area contributed by atoms with Crippen molar-refractivity contribution in [3.63, 3.8) is 0 Å². The highest BCUT2D eigenvalue weighted by Gasteiger charge is 2.26. The molecule has 0 bridgehead atoms. The number of benzene rings is 2. The number of methoxy groups -OCH3 is 1. The van der Waals surface area contributed by atoms with Gasteiger partial charge in [-0.25, -0.2) is 4.68 Å². The number of hydrogen-bond acceptors (Lipinski definition) is 3. The quantitative estimate of drug-likeness (QED) is 0.648. The molecule has 0 N–H and O–H groups in total. The first-order valence-corrected chi connectivity index (χ1v) is 10.2. The number of amides is 1. The summed E-state index contributed by atoms with van der Waals surface area (Å²) in [6.07, 6.45) is 2.10. The van der Waals surface area contributed by atoms with Crippen LogP contribution in [0, 0.1) is 12.8 Å². The molecule has 1 aromatic heterocycles. The van der Waals surface area contributed by atoms with Gasteiger partial charge in [0.25, 0.3) is 5.91 Å². The molecule has 3 aromatic rings. The summed E-state index contributed by atoms with van der Waals surface area (Å²) in [5.74, 6) is 1.48. The molecule has 1 amide bonds. The van der Waals surface area contributed by atoms with Crippen molar-refractivity contribution in [1.82, 2.24) is 14.7 Å². The molecule has 5 heteroatoms. The lowest BCUT2D eigenvalue weighted by molar-refractivity contribution is 0.0688. The molecule has 29 heavy (non-hydrogen) atoms. The molecule has 1 saturated heterocycles. The minimum absolute atomic E-state index is 0.0409. The van der Waals surface area contributed by atoms with E-state index < -0.39 is 0 Å². The Morgan fingerprint density at radius 1 is 1.07 bits per heavy atom. The lowest BCUT2D eigenvalue weighted by atomic mass is 9.99. The molecule has 0 radical (unpaired) electrons. The van der Waals surface area contributed by atoms with E-state index in [2.05, 4.69) is 13.8 Å². The molecule has 1 fully saturated rings. The number of ether oxygens (including phenoxy) is 1. The van der Waals surface area contributed by atoms with Crippen LogP contribution in [-0.4, -0.2) is 40.8 Å². The molecule has 0 atom stereocenters. The molecule has 1 aliphatic heterocycles. The summed E-state index contributed by atoms with van der Waals surface area (Å²) in [6, 6.07) is 17.8. The Balaban J connectivity index is 1.76. The number of carbonyl (C=O) groups excluding carboxylic acids is 1. The predicted octanol–water partition coefficient (Wildman–Crippen LogP) is 4.73.